The molecule has 2 aliphatic rings. The van der Waals surface area contributed by atoms with Crippen molar-refractivity contribution in [2.24, 2.45) is 0 Å². The number of aromatic nitrogens is 2. The number of fused-ring (bicyclic) bond motifs is 1. The number of nitrogens with one attached hydrogen (secondary N) is 1. The first-order valence-electron chi connectivity index (χ1n) is 27.2. The van der Waals surface area contributed by atoms with Crippen molar-refractivity contribution in [3.05, 3.63) is 33.1 Å². The van der Waals surface area contributed by atoms with Crippen LogP contribution in [0.2, 0.25) is 0 Å². The molecule has 0 saturated carbocycles. The smallest absolute Gasteiger partial charge is 0.330 e. The molecular formula is C53H97N4O7P. The van der Waals surface area contributed by atoms with Crippen LogP contribution in [-0.2, 0) is 23.3 Å². The van der Waals surface area contributed by atoms with Gasteiger partial charge in [0.2, 0.25) is 0 Å². The summed E-state index contributed by atoms with van der Waals surface area (Å²) in [5.74, 6) is -0.787. The number of nitrogens with zero attached hydrogens (tertiary/aromatic N) is 3. The molecule has 0 aromatic carbocycles. The molecule has 2 aliphatic heterocycles. The second kappa shape index (κ2) is 35.5. The van der Waals surface area contributed by atoms with Gasteiger partial charge in [-0.15, -0.1) is 0 Å². The summed E-state index contributed by atoms with van der Waals surface area (Å²) in [5.41, 5.74) is -0.996. The zero-order valence-corrected chi connectivity index (χ0v) is 43.4. The van der Waals surface area contributed by atoms with Crippen LogP contribution in [0.3, 0.4) is 0 Å². The Bertz CT molecular complexity index is 1440. The van der Waals surface area contributed by atoms with Gasteiger partial charge in [0.1, 0.15) is 18.3 Å². The maximum absolute atomic E-state index is 13.2. The third kappa shape index (κ3) is 23.0. The van der Waals surface area contributed by atoms with Gasteiger partial charge < -0.3 is 23.3 Å². The van der Waals surface area contributed by atoms with Gasteiger partial charge in [0.25, 0.3) is 14.1 Å². The van der Waals surface area contributed by atoms with E-state index in [-0.39, 0.29) is 31.7 Å². The fourth-order valence-electron chi connectivity index (χ4n) is 9.83. The molecule has 0 aliphatic carbocycles. The van der Waals surface area contributed by atoms with E-state index in [1.807, 2.05) is 0 Å². The first-order chi connectivity index (χ1) is 31.7. The molecule has 376 valence electrons. The van der Waals surface area contributed by atoms with E-state index >= 15 is 0 Å². The van der Waals surface area contributed by atoms with E-state index in [0.717, 1.165) is 38.5 Å². The highest BCUT2D eigenvalue weighted by molar-refractivity contribution is 7.44. The lowest BCUT2D eigenvalue weighted by molar-refractivity contribution is -0.227. The number of rotatable bonds is 42. The van der Waals surface area contributed by atoms with E-state index in [1.54, 1.807) is 0 Å². The van der Waals surface area contributed by atoms with E-state index in [9.17, 15) is 14.9 Å². The number of unbranched alkanes of at least 4 members (excludes halogenated alkanes) is 28. The number of aromatic amines is 1. The van der Waals surface area contributed by atoms with Gasteiger partial charge in [0, 0.05) is 37.2 Å². The highest BCUT2D eigenvalue weighted by atomic mass is 31.2. The van der Waals surface area contributed by atoms with Crippen molar-refractivity contribution in [1.29, 1.82) is 5.26 Å². The summed E-state index contributed by atoms with van der Waals surface area (Å²) in [5, 5.41) is 9.26. The number of hydrogen-bond donors (Lipinski definition) is 1. The van der Waals surface area contributed by atoms with Gasteiger partial charge >= 0.3 is 5.69 Å². The molecule has 11 nitrogen and oxygen atoms in total. The Hall–Kier alpha value is -1.64. The van der Waals surface area contributed by atoms with Crippen molar-refractivity contribution < 1.29 is 23.3 Å². The summed E-state index contributed by atoms with van der Waals surface area (Å²) in [4.78, 5) is 27.8. The van der Waals surface area contributed by atoms with Crippen molar-refractivity contribution in [2.75, 3.05) is 13.2 Å². The molecule has 65 heavy (non-hydrogen) atoms. The van der Waals surface area contributed by atoms with Gasteiger partial charge in [0.05, 0.1) is 25.7 Å². The van der Waals surface area contributed by atoms with Crippen LogP contribution in [-0.4, -0.2) is 63.6 Å². The van der Waals surface area contributed by atoms with Crippen LogP contribution in [0.1, 0.15) is 260 Å². The lowest BCUT2D eigenvalue weighted by atomic mass is 9.98. The first kappa shape index (κ1) is 57.7. The topological polar surface area (TPSA) is 128 Å². The quantitative estimate of drug-likeness (QED) is 0.0503. The molecule has 2 fully saturated rings. The molecule has 1 aromatic heterocycles. The fraction of sp³-hybridized carbons (Fsp3) is 0.906. The molecule has 3 rings (SSSR count). The van der Waals surface area contributed by atoms with Crippen molar-refractivity contribution in [3.63, 3.8) is 0 Å². The van der Waals surface area contributed by atoms with Crippen molar-refractivity contribution in [1.82, 2.24) is 14.2 Å². The van der Waals surface area contributed by atoms with Crippen LogP contribution in [0.5, 0.6) is 0 Å². The SMILES string of the molecule is CCCCCCCCCCCCCCCCCC1(CCCCCCCCCCCCCCCCC)O[C@@H]2[C@H](O1)[C@@H](COP(OCCC#N)N(C(C)C)C(C)C)O[C@H]2n1ccc(=O)[nH]c1=O. The standard InChI is InChI=1S/C53H97N4O7P/c1-7-9-11-13-15-17-19-21-23-25-27-29-31-33-35-39-53(40-36-34-32-30-28-26-24-22-20-18-16-14-12-10-8-2)63-49-47(44-61-65(60-43-37-41-54)57(45(3)4)46(5)6)62-51(50(49)64-53)56-42-38-48(58)55-52(56)59/h38,42,45-47,49-51H,7-37,39-40,43-44H2,1-6H3,(H,55,58,59)/t47-,49-,50-,51-,65?/m1/s1. The number of hydrogen-bond acceptors (Lipinski definition) is 9. The van der Waals surface area contributed by atoms with Crippen LogP contribution >= 0.6 is 8.53 Å². The monoisotopic (exact) mass is 933 g/mol. The molecule has 0 amide bonds. The maximum atomic E-state index is 13.2. The molecule has 3 heterocycles. The van der Waals surface area contributed by atoms with Gasteiger partial charge in [-0.2, -0.15) is 5.26 Å². The Morgan fingerprint density at radius 2 is 1.08 bits per heavy atom. The zero-order valence-electron chi connectivity index (χ0n) is 42.5. The van der Waals surface area contributed by atoms with Crippen molar-refractivity contribution >= 4 is 8.53 Å². The highest BCUT2D eigenvalue weighted by Gasteiger charge is 2.58. The molecule has 12 heteroatoms. The van der Waals surface area contributed by atoms with Crippen molar-refractivity contribution in [3.8, 4) is 6.07 Å². The Balaban J connectivity index is 1.62. The van der Waals surface area contributed by atoms with E-state index in [4.69, 9.17) is 23.3 Å². The van der Waals surface area contributed by atoms with Gasteiger partial charge in [-0.3, -0.25) is 14.3 Å². The predicted octanol–water partition coefficient (Wildman–Crippen LogP) is 14.7. The van der Waals surface area contributed by atoms with E-state index in [1.165, 1.54) is 184 Å². The second-order valence-corrected chi connectivity index (χ2v) is 21.4. The molecule has 0 radical (unpaired) electrons. The molecule has 1 N–H and O–H groups in total. The van der Waals surface area contributed by atoms with E-state index < -0.39 is 50.1 Å². The molecule has 1 unspecified atom stereocenters. The molecule has 0 bridgehead atoms. The lowest BCUT2D eigenvalue weighted by Crippen LogP contribution is -2.38. The van der Waals surface area contributed by atoms with Gasteiger partial charge in [0.15, 0.2) is 12.0 Å². The Morgan fingerprint density at radius 3 is 1.48 bits per heavy atom. The third-order valence-electron chi connectivity index (χ3n) is 13.4. The van der Waals surface area contributed by atoms with E-state index in [0.29, 0.717) is 0 Å². The molecule has 0 spiro atoms. The van der Waals surface area contributed by atoms with Gasteiger partial charge in [-0.1, -0.05) is 194 Å². The summed E-state index contributed by atoms with van der Waals surface area (Å²) >= 11 is 0. The van der Waals surface area contributed by atoms with Crippen LogP contribution in [0, 0.1) is 11.3 Å². The number of H-pyrrole nitrogens is 1. The third-order valence-corrected chi connectivity index (χ3v) is 15.5. The van der Waals surface area contributed by atoms with Crippen LogP contribution in [0.25, 0.3) is 0 Å². The Morgan fingerprint density at radius 1 is 0.662 bits per heavy atom. The van der Waals surface area contributed by atoms with Crippen LogP contribution < -0.4 is 11.2 Å². The van der Waals surface area contributed by atoms with Crippen LogP contribution in [0.4, 0.5) is 0 Å². The largest absolute Gasteiger partial charge is 0.346 e. The fourth-order valence-corrected chi connectivity index (χ4v) is 11.4. The van der Waals surface area contributed by atoms with Gasteiger partial charge in [-0.25, -0.2) is 9.46 Å². The molecule has 1 aromatic rings. The van der Waals surface area contributed by atoms with Crippen molar-refractivity contribution in [2.45, 2.75) is 296 Å². The zero-order chi connectivity index (χ0) is 47.0. The first-order valence-corrected chi connectivity index (χ1v) is 28.3. The number of nitriles is 1. The van der Waals surface area contributed by atoms with Crippen LogP contribution in [0.15, 0.2) is 21.9 Å². The number of ether oxygens (including phenoxy) is 3. The minimum Gasteiger partial charge on any atom is -0.346 e. The molecular weight excluding hydrogens is 836 g/mol. The Labute approximate surface area is 398 Å². The minimum atomic E-state index is -1.51. The Kier molecular flexibility index (Phi) is 31.5. The maximum Gasteiger partial charge on any atom is 0.330 e. The second-order valence-electron chi connectivity index (χ2n) is 19.9. The summed E-state index contributed by atoms with van der Waals surface area (Å²) in [6.07, 6.45) is 40.3. The average Bonchev–Trinajstić information content (AvgIpc) is 3.81. The minimum absolute atomic E-state index is 0.149. The predicted molar refractivity (Wildman–Crippen MR) is 268 cm³/mol. The normalized spacial score (nSPS) is 19.8. The molecule has 5 atom stereocenters. The lowest BCUT2D eigenvalue weighted by Gasteiger charge is -2.36. The molecule has 2 saturated heterocycles. The summed E-state index contributed by atoms with van der Waals surface area (Å²) in [6, 6.07) is 3.83. The average molecular weight is 933 g/mol. The highest BCUT2D eigenvalue weighted by Crippen LogP contribution is 2.50. The summed E-state index contributed by atoms with van der Waals surface area (Å²) in [7, 11) is -1.51. The van der Waals surface area contributed by atoms with Gasteiger partial charge in [-0.05, 0) is 40.5 Å². The summed E-state index contributed by atoms with van der Waals surface area (Å²) < 4.78 is 37.3. The van der Waals surface area contributed by atoms with E-state index in [2.05, 4.69) is 57.3 Å². The summed E-state index contributed by atoms with van der Waals surface area (Å²) in [6.45, 7) is 13.5.